The summed E-state index contributed by atoms with van der Waals surface area (Å²) in [7, 11) is 0. The second-order valence-electron chi connectivity index (χ2n) is 5.97. The van der Waals surface area contributed by atoms with Crippen LogP contribution in [-0.2, 0) is 11.2 Å². The van der Waals surface area contributed by atoms with Crippen LogP contribution in [0.25, 0.3) is 0 Å². The first-order valence-electron chi connectivity index (χ1n) is 7.70. The molecule has 0 spiro atoms. The Labute approximate surface area is 131 Å². The van der Waals surface area contributed by atoms with Crippen LogP contribution in [-0.4, -0.2) is 18.1 Å². The quantitative estimate of drug-likeness (QED) is 0.863. The van der Waals surface area contributed by atoms with Crippen LogP contribution in [0.5, 0.6) is 5.75 Å². The molecule has 2 atom stereocenters. The van der Waals surface area contributed by atoms with Gasteiger partial charge in [0.25, 0.3) is 5.91 Å². The molecule has 2 aromatic carbocycles. The van der Waals surface area contributed by atoms with Crippen molar-refractivity contribution >= 4 is 11.6 Å². The Morgan fingerprint density at radius 2 is 2.00 bits per heavy atom. The second kappa shape index (κ2) is 5.84. The van der Waals surface area contributed by atoms with Crippen molar-refractivity contribution in [2.75, 3.05) is 4.90 Å². The van der Waals surface area contributed by atoms with Gasteiger partial charge >= 0.3 is 0 Å². The molecule has 0 N–H and O–H groups in total. The van der Waals surface area contributed by atoms with Crippen LogP contribution in [0.1, 0.15) is 25.0 Å². The molecule has 1 amide bonds. The first kappa shape index (κ1) is 14.6. The Morgan fingerprint density at radius 3 is 2.77 bits per heavy atom. The molecular formula is C19H21NO2. The Hall–Kier alpha value is -2.29. The highest BCUT2D eigenvalue weighted by atomic mass is 16.5. The number of benzene rings is 2. The van der Waals surface area contributed by atoms with E-state index in [4.69, 9.17) is 4.74 Å². The van der Waals surface area contributed by atoms with Crippen molar-refractivity contribution < 1.29 is 9.53 Å². The summed E-state index contributed by atoms with van der Waals surface area (Å²) in [6.45, 7) is 5.91. The van der Waals surface area contributed by atoms with Crippen LogP contribution in [0.4, 0.5) is 5.69 Å². The number of hydrogen-bond donors (Lipinski definition) is 0. The molecule has 0 aromatic heterocycles. The molecule has 3 heteroatoms. The molecule has 1 aliphatic heterocycles. The van der Waals surface area contributed by atoms with Crippen molar-refractivity contribution in [1.82, 2.24) is 0 Å². The lowest BCUT2D eigenvalue weighted by Gasteiger charge is -2.26. The molecule has 0 unspecified atom stereocenters. The monoisotopic (exact) mass is 295 g/mol. The van der Waals surface area contributed by atoms with Gasteiger partial charge in [0, 0.05) is 11.7 Å². The van der Waals surface area contributed by atoms with Gasteiger partial charge in [-0.3, -0.25) is 4.79 Å². The van der Waals surface area contributed by atoms with E-state index >= 15 is 0 Å². The van der Waals surface area contributed by atoms with Gasteiger partial charge in [0.05, 0.1) is 0 Å². The van der Waals surface area contributed by atoms with Gasteiger partial charge in [-0.2, -0.15) is 0 Å². The number of para-hydroxylation sites is 1. The van der Waals surface area contributed by atoms with Crippen LogP contribution in [0.15, 0.2) is 48.5 Å². The van der Waals surface area contributed by atoms with Crippen LogP contribution in [0.3, 0.4) is 0 Å². The van der Waals surface area contributed by atoms with Gasteiger partial charge in [-0.15, -0.1) is 0 Å². The van der Waals surface area contributed by atoms with E-state index in [1.165, 1.54) is 5.56 Å². The highest BCUT2D eigenvalue weighted by Crippen LogP contribution is 2.32. The molecule has 0 saturated carbocycles. The van der Waals surface area contributed by atoms with Gasteiger partial charge in [0.1, 0.15) is 5.75 Å². The number of carbonyl (C=O) groups is 1. The third-order valence-electron chi connectivity index (χ3n) is 4.09. The minimum absolute atomic E-state index is 0.0129. The van der Waals surface area contributed by atoms with Crippen LogP contribution in [0, 0.1) is 6.92 Å². The molecule has 3 rings (SSSR count). The summed E-state index contributed by atoms with van der Waals surface area (Å²) in [6, 6.07) is 16.1. The molecule has 0 fully saturated rings. The lowest BCUT2D eigenvalue weighted by Crippen LogP contribution is -2.43. The number of fused-ring (bicyclic) bond motifs is 1. The molecule has 1 heterocycles. The zero-order valence-corrected chi connectivity index (χ0v) is 13.2. The molecule has 3 nitrogen and oxygen atoms in total. The lowest BCUT2D eigenvalue weighted by atomic mass is 10.1. The highest BCUT2D eigenvalue weighted by molar-refractivity contribution is 5.99. The third-order valence-corrected chi connectivity index (χ3v) is 4.09. The maximum absolute atomic E-state index is 12.8. The zero-order valence-electron chi connectivity index (χ0n) is 13.2. The minimum atomic E-state index is -0.504. The molecule has 0 aliphatic carbocycles. The SMILES string of the molecule is Cc1cccc(O[C@H](C)C(=O)N2c3ccccc3C[C@@H]2C)c1. The van der Waals surface area contributed by atoms with E-state index < -0.39 is 6.10 Å². The van der Waals surface area contributed by atoms with Crippen molar-refractivity contribution in [2.24, 2.45) is 0 Å². The van der Waals surface area contributed by atoms with Crippen molar-refractivity contribution in [2.45, 2.75) is 39.3 Å². The van der Waals surface area contributed by atoms with Gasteiger partial charge in [-0.05, 0) is 56.5 Å². The van der Waals surface area contributed by atoms with Gasteiger partial charge < -0.3 is 9.64 Å². The largest absolute Gasteiger partial charge is 0.481 e. The summed E-state index contributed by atoms with van der Waals surface area (Å²) < 4.78 is 5.84. The van der Waals surface area contributed by atoms with Gasteiger partial charge in [0.15, 0.2) is 6.10 Å². The molecule has 22 heavy (non-hydrogen) atoms. The third kappa shape index (κ3) is 2.71. The Bertz CT molecular complexity index is 695. The molecule has 1 aliphatic rings. The molecule has 2 aromatic rings. The number of amides is 1. The molecule has 0 saturated heterocycles. The topological polar surface area (TPSA) is 29.5 Å². The second-order valence-corrected chi connectivity index (χ2v) is 5.97. The normalized spacial score (nSPS) is 18.0. The fourth-order valence-corrected chi connectivity index (χ4v) is 3.04. The van der Waals surface area contributed by atoms with Crippen LogP contribution in [0.2, 0.25) is 0 Å². The Kier molecular flexibility index (Phi) is 3.88. The van der Waals surface area contributed by atoms with E-state index in [-0.39, 0.29) is 11.9 Å². The van der Waals surface area contributed by atoms with E-state index in [0.717, 1.165) is 23.4 Å². The molecule has 114 valence electrons. The van der Waals surface area contributed by atoms with E-state index in [2.05, 4.69) is 13.0 Å². The maximum atomic E-state index is 12.8. The first-order chi connectivity index (χ1) is 10.6. The number of aryl methyl sites for hydroxylation is 1. The standard InChI is InChI=1S/C19H21NO2/c1-13-7-6-9-17(11-13)22-15(3)19(21)20-14(2)12-16-8-4-5-10-18(16)20/h4-11,14-15H,12H2,1-3H3/t14-,15+/m0/s1. The number of carbonyl (C=O) groups excluding carboxylic acids is 1. The average Bonchev–Trinajstić information content (AvgIpc) is 2.82. The summed E-state index contributed by atoms with van der Waals surface area (Å²) in [5.41, 5.74) is 3.36. The summed E-state index contributed by atoms with van der Waals surface area (Å²) in [6.07, 6.45) is 0.398. The van der Waals surface area contributed by atoms with Crippen molar-refractivity contribution in [3.8, 4) is 5.75 Å². The van der Waals surface area contributed by atoms with E-state index in [0.29, 0.717) is 0 Å². The summed E-state index contributed by atoms with van der Waals surface area (Å²) in [4.78, 5) is 14.7. The maximum Gasteiger partial charge on any atom is 0.268 e. The molecular weight excluding hydrogens is 274 g/mol. The number of rotatable bonds is 3. The van der Waals surface area contributed by atoms with E-state index in [1.807, 2.05) is 61.2 Å². The summed E-state index contributed by atoms with van der Waals surface area (Å²) >= 11 is 0. The Balaban J connectivity index is 1.79. The number of nitrogens with zero attached hydrogens (tertiary/aromatic N) is 1. The lowest BCUT2D eigenvalue weighted by molar-refractivity contribution is -0.124. The minimum Gasteiger partial charge on any atom is -0.481 e. The fraction of sp³-hybridized carbons (Fsp3) is 0.316. The number of hydrogen-bond acceptors (Lipinski definition) is 2. The number of anilines is 1. The molecule has 0 radical (unpaired) electrons. The van der Waals surface area contributed by atoms with Crippen molar-refractivity contribution in [3.63, 3.8) is 0 Å². The zero-order chi connectivity index (χ0) is 15.7. The van der Waals surface area contributed by atoms with Crippen LogP contribution < -0.4 is 9.64 Å². The van der Waals surface area contributed by atoms with Crippen LogP contribution >= 0.6 is 0 Å². The summed E-state index contributed by atoms with van der Waals surface area (Å²) in [5, 5.41) is 0. The molecule has 0 bridgehead atoms. The first-order valence-corrected chi connectivity index (χ1v) is 7.70. The van der Waals surface area contributed by atoms with Gasteiger partial charge in [-0.25, -0.2) is 0 Å². The van der Waals surface area contributed by atoms with Crippen molar-refractivity contribution in [1.29, 1.82) is 0 Å². The summed E-state index contributed by atoms with van der Waals surface area (Å²) in [5.74, 6) is 0.750. The predicted molar refractivity (Wildman–Crippen MR) is 88.4 cm³/mol. The smallest absolute Gasteiger partial charge is 0.268 e. The average molecular weight is 295 g/mol. The predicted octanol–water partition coefficient (Wildman–Crippen LogP) is 3.74. The van der Waals surface area contributed by atoms with E-state index in [1.54, 1.807) is 0 Å². The van der Waals surface area contributed by atoms with Gasteiger partial charge in [-0.1, -0.05) is 30.3 Å². The fourth-order valence-electron chi connectivity index (χ4n) is 3.04. The Morgan fingerprint density at radius 1 is 1.23 bits per heavy atom. The van der Waals surface area contributed by atoms with Crippen molar-refractivity contribution in [3.05, 3.63) is 59.7 Å². The highest BCUT2D eigenvalue weighted by Gasteiger charge is 2.33. The van der Waals surface area contributed by atoms with Gasteiger partial charge in [0.2, 0.25) is 0 Å². The number of ether oxygens (including phenoxy) is 1. The van der Waals surface area contributed by atoms with E-state index in [9.17, 15) is 4.79 Å².